The quantitative estimate of drug-likeness (QED) is 0.346. The van der Waals surface area contributed by atoms with Gasteiger partial charge in [0.25, 0.3) is 5.91 Å². The number of anilines is 1. The summed E-state index contributed by atoms with van der Waals surface area (Å²) in [5, 5.41) is 5.54. The third-order valence-electron chi connectivity index (χ3n) is 5.16. The summed E-state index contributed by atoms with van der Waals surface area (Å²) in [6.45, 7) is 0. The number of rotatable bonds is 9. The van der Waals surface area contributed by atoms with Gasteiger partial charge >= 0.3 is 5.97 Å². The maximum Gasteiger partial charge on any atom is 0.328 e. The highest BCUT2D eigenvalue weighted by Crippen LogP contribution is 2.11. The van der Waals surface area contributed by atoms with Crippen LogP contribution in [-0.4, -0.2) is 37.0 Å². The summed E-state index contributed by atoms with van der Waals surface area (Å²) in [6.07, 6.45) is 0.490. The van der Waals surface area contributed by atoms with E-state index in [1.807, 2.05) is 36.4 Å². The molecule has 0 saturated heterocycles. The fourth-order valence-electron chi connectivity index (χ4n) is 3.39. The molecule has 0 radical (unpaired) electrons. The molecule has 7 nitrogen and oxygen atoms in total. The second-order valence-corrected chi connectivity index (χ2v) is 7.61. The van der Waals surface area contributed by atoms with E-state index >= 15 is 0 Å². The number of nitrogen functional groups attached to an aromatic ring is 1. The van der Waals surface area contributed by atoms with Crippen LogP contribution in [0.1, 0.15) is 21.5 Å². The Hall–Kier alpha value is -4.13. The Labute approximate surface area is 193 Å². The first kappa shape index (κ1) is 23.5. The van der Waals surface area contributed by atoms with E-state index in [9.17, 15) is 14.4 Å². The molecule has 33 heavy (non-hydrogen) atoms. The number of methoxy groups -OCH3 is 1. The SMILES string of the molecule is COC(=O)[C@H](Cc1ccc(N)cc1)NC(=O)[C@H](Cc1ccccc1)NC(=O)c1ccccc1. The minimum atomic E-state index is -0.918. The maximum absolute atomic E-state index is 13.2. The van der Waals surface area contributed by atoms with Gasteiger partial charge < -0.3 is 21.1 Å². The van der Waals surface area contributed by atoms with Gasteiger partial charge in [-0.25, -0.2) is 4.79 Å². The zero-order chi connectivity index (χ0) is 23.6. The van der Waals surface area contributed by atoms with E-state index in [2.05, 4.69) is 10.6 Å². The number of nitrogens with two attached hydrogens (primary N) is 1. The Balaban J connectivity index is 1.79. The number of ether oxygens (including phenoxy) is 1. The predicted molar refractivity (Wildman–Crippen MR) is 126 cm³/mol. The molecule has 3 rings (SSSR count). The zero-order valence-corrected chi connectivity index (χ0v) is 18.4. The van der Waals surface area contributed by atoms with Crippen LogP contribution in [0.5, 0.6) is 0 Å². The summed E-state index contributed by atoms with van der Waals surface area (Å²) in [4.78, 5) is 38.4. The first-order valence-electron chi connectivity index (χ1n) is 10.6. The van der Waals surface area contributed by atoms with E-state index in [1.54, 1.807) is 48.5 Å². The number of benzene rings is 3. The van der Waals surface area contributed by atoms with E-state index in [0.29, 0.717) is 11.3 Å². The minimum Gasteiger partial charge on any atom is -0.467 e. The average molecular weight is 446 g/mol. The third-order valence-corrected chi connectivity index (χ3v) is 5.16. The first-order valence-corrected chi connectivity index (χ1v) is 10.6. The predicted octanol–water partition coefficient (Wildman–Crippen LogP) is 2.51. The number of carbonyl (C=O) groups excluding carboxylic acids is 3. The maximum atomic E-state index is 13.2. The summed E-state index contributed by atoms with van der Waals surface area (Å²) < 4.78 is 4.89. The zero-order valence-electron chi connectivity index (χ0n) is 18.4. The molecular weight excluding hydrogens is 418 g/mol. The largest absolute Gasteiger partial charge is 0.467 e. The molecule has 0 aliphatic rings. The highest BCUT2D eigenvalue weighted by molar-refractivity contribution is 5.98. The topological polar surface area (TPSA) is 111 Å². The van der Waals surface area contributed by atoms with Crippen LogP contribution in [0.25, 0.3) is 0 Å². The van der Waals surface area contributed by atoms with Crippen molar-refractivity contribution in [2.45, 2.75) is 24.9 Å². The standard InChI is InChI=1S/C26H27N3O4/c1-33-26(32)23(17-19-12-14-21(27)15-13-19)29-25(31)22(16-18-8-4-2-5-9-18)28-24(30)20-10-6-3-7-11-20/h2-15,22-23H,16-17,27H2,1H3,(H,28,30)(H,29,31)/t22-,23-/m0/s1. The molecule has 0 saturated carbocycles. The fraction of sp³-hybridized carbons (Fsp3) is 0.192. The molecule has 0 aromatic heterocycles. The number of amides is 2. The Morgan fingerprint density at radius 2 is 1.30 bits per heavy atom. The second kappa shape index (κ2) is 11.5. The molecule has 0 aliphatic carbocycles. The number of carbonyl (C=O) groups is 3. The van der Waals surface area contributed by atoms with Crippen LogP contribution in [0.4, 0.5) is 5.69 Å². The van der Waals surface area contributed by atoms with Gasteiger partial charge in [0.1, 0.15) is 12.1 Å². The average Bonchev–Trinajstić information content (AvgIpc) is 2.85. The lowest BCUT2D eigenvalue weighted by molar-refractivity contribution is -0.145. The van der Waals surface area contributed by atoms with Crippen molar-refractivity contribution in [1.82, 2.24) is 10.6 Å². The van der Waals surface area contributed by atoms with E-state index in [1.165, 1.54) is 7.11 Å². The Morgan fingerprint density at radius 1 is 0.758 bits per heavy atom. The Kier molecular flexibility index (Phi) is 8.18. The van der Waals surface area contributed by atoms with E-state index in [-0.39, 0.29) is 18.7 Å². The van der Waals surface area contributed by atoms with Crippen LogP contribution in [0.15, 0.2) is 84.9 Å². The summed E-state index contributed by atoms with van der Waals surface area (Å²) in [5.74, 6) is -1.43. The van der Waals surface area contributed by atoms with Crippen molar-refractivity contribution in [2.24, 2.45) is 0 Å². The molecule has 0 bridgehead atoms. The molecule has 2 atom stereocenters. The van der Waals surface area contributed by atoms with Crippen LogP contribution in [-0.2, 0) is 27.2 Å². The van der Waals surface area contributed by atoms with Gasteiger partial charge in [-0.15, -0.1) is 0 Å². The van der Waals surface area contributed by atoms with Crippen LogP contribution >= 0.6 is 0 Å². The van der Waals surface area contributed by atoms with Gasteiger partial charge in [0, 0.05) is 24.1 Å². The van der Waals surface area contributed by atoms with Gasteiger partial charge in [-0.1, -0.05) is 60.7 Å². The Bertz CT molecular complexity index is 1070. The number of hydrogen-bond acceptors (Lipinski definition) is 5. The van der Waals surface area contributed by atoms with Gasteiger partial charge in [0.15, 0.2) is 0 Å². The van der Waals surface area contributed by atoms with Gasteiger partial charge in [-0.2, -0.15) is 0 Å². The van der Waals surface area contributed by atoms with E-state index < -0.39 is 24.0 Å². The Morgan fingerprint density at radius 3 is 1.91 bits per heavy atom. The number of esters is 1. The highest BCUT2D eigenvalue weighted by atomic mass is 16.5. The van der Waals surface area contributed by atoms with Crippen molar-refractivity contribution in [3.63, 3.8) is 0 Å². The number of nitrogens with one attached hydrogen (secondary N) is 2. The van der Waals surface area contributed by atoms with Crippen molar-refractivity contribution < 1.29 is 19.1 Å². The molecular formula is C26H27N3O4. The molecule has 0 fully saturated rings. The lowest BCUT2D eigenvalue weighted by Crippen LogP contribution is -2.53. The molecule has 7 heteroatoms. The smallest absolute Gasteiger partial charge is 0.328 e. The van der Waals surface area contributed by atoms with Gasteiger partial charge in [-0.05, 0) is 35.4 Å². The van der Waals surface area contributed by atoms with E-state index in [4.69, 9.17) is 10.5 Å². The molecule has 0 unspecified atom stereocenters. The first-order chi connectivity index (χ1) is 16.0. The fourth-order valence-corrected chi connectivity index (χ4v) is 3.39. The molecule has 3 aromatic rings. The lowest BCUT2D eigenvalue weighted by atomic mass is 10.0. The van der Waals surface area contributed by atoms with Crippen molar-refractivity contribution in [3.8, 4) is 0 Å². The lowest BCUT2D eigenvalue weighted by Gasteiger charge is -2.22. The third kappa shape index (κ3) is 6.93. The molecule has 170 valence electrons. The van der Waals surface area contributed by atoms with Gasteiger partial charge in [-0.3, -0.25) is 9.59 Å². The highest BCUT2D eigenvalue weighted by Gasteiger charge is 2.28. The summed E-state index contributed by atoms with van der Waals surface area (Å²) in [5.41, 5.74) is 8.46. The summed E-state index contributed by atoms with van der Waals surface area (Å²) >= 11 is 0. The molecule has 0 aliphatic heterocycles. The van der Waals surface area contributed by atoms with Crippen molar-refractivity contribution in [2.75, 3.05) is 12.8 Å². The summed E-state index contributed by atoms with van der Waals surface area (Å²) in [7, 11) is 1.27. The van der Waals surface area contributed by atoms with Gasteiger partial charge in [0.05, 0.1) is 7.11 Å². The monoisotopic (exact) mass is 445 g/mol. The summed E-state index contributed by atoms with van der Waals surface area (Å²) in [6, 6.07) is 23.2. The molecule has 0 spiro atoms. The molecule has 2 amide bonds. The van der Waals surface area contributed by atoms with E-state index in [0.717, 1.165) is 11.1 Å². The normalized spacial score (nSPS) is 12.3. The second-order valence-electron chi connectivity index (χ2n) is 7.61. The van der Waals surface area contributed by atoms with Crippen LogP contribution < -0.4 is 16.4 Å². The van der Waals surface area contributed by atoms with Crippen LogP contribution in [0.2, 0.25) is 0 Å². The van der Waals surface area contributed by atoms with Gasteiger partial charge in [0.2, 0.25) is 5.91 Å². The van der Waals surface area contributed by atoms with Crippen LogP contribution in [0.3, 0.4) is 0 Å². The van der Waals surface area contributed by atoms with Crippen molar-refractivity contribution in [3.05, 3.63) is 102 Å². The molecule has 0 heterocycles. The minimum absolute atomic E-state index is 0.226. The van der Waals surface area contributed by atoms with Crippen molar-refractivity contribution in [1.29, 1.82) is 0 Å². The van der Waals surface area contributed by atoms with Crippen LogP contribution in [0, 0.1) is 0 Å². The number of hydrogen-bond donors (Lipinski definition) is 3. The van der Waals surface area contributed by atoms with Crippen molar-refractivity contribution >= 4 is 23.5 Å². The molecule has 4 N–H and O–H groups in total. The molecule has 3 aromatic carbocycles.